The highest BCUT2D eigenvalue weighted by atomic mass is 19.1. The van der Waals surface area contributed by atoms with Crippen LogP contribution >= 0.6 is 0 Å². The van der Waals surface area contributed by atoms with Gasteiger partial charge in [0.1, 0.15) is 11.6 Å². The summed E-state index contributed by atoms with van der Waals surface area (Å²) < 4.78 is 17.8. The second-order valence-electron chi connectivity index (χ2n) is 3.94. The van der Waals surface area contributed by atoms with Crippen molar-refractivity contribution in [3.05, 3.63) is 59.9 Å². The molecule has 0 spiro atoms. The van der Waals surface area contributed by atoms with E-state index < -0.39 is 0 Å². The minimum Gasteiger partial charge on any atom is -0.497 e. The molecule has 0 aliphatic carbocycles. The Morgan fingerprint density at radius 3 is 2.21 bits per heavy atom. The minimum absolute atomic E-state index is 0.301. The van der Waals surface area contributed by atoms with E-state index in [1.807, 2.05) is 0 Å². The van der Waals surface area contributed by atoms with Gasteiger partial charge in [0.15, 0.2) is 0 Å². The molecule has 1 amide bonds. The predicted octanol–water partition coefficient (Wildman–Crippen LogP) is 1.64. The Bertz CT molecular complexity index is 567. The van der Waals surface area contributed by atoms with Crippen LogP contribution in [0.2, 0.25) is 0 Å². The molecule has 0 saturated carbocycles. The first-order valence-electron chi connectivity index (χ1n) is 5.66. The molecular weight excluding hydrogens is 247 g/mol. The highest BCUT2D eigenvalue weighted by molar-refractivity contribution is 6.04. The van der Waals surface area contributed by atoms with Gasteiger partial charge >= 0.3 is 5.91 Å². The number of halogens is 1. The molecule has 0 fully saturated rings. The molecule has 98 valence electrons. The molecule has 0 aromatic heterocycles. The maximum Gasteiger partial charge on any atom is 0.303 e. The molecule has 2 rings (SSSR count). The first-order chi connectivity index (χ1) is 9.11. The zero-order chi connectivity index (χ0) is 13.8. The molecular formula is C14H14FN2O2+. The van der Waals surface area contributed by atoms with Gasteiger partial charge in [-0.05, 0) is 48.5 Å². The van der Waals surface area contributed by atoms with Crippen molar-refractivity contribution in [3.8, 4) is 5.75 Å². The van der Waals surface area contributed by atoms with Gasteiger partial charge in [-0.15, -0.1) is 0 Å². The van der Waals surface area contributed by atoms with Crippen LogP contribution < -0.4 is 15.6 Å². The van der Waals surface area contributed by atoms with Gasteiger partial charge < -0.3 is 4.74 Å². The Kier molecular flexibility index (Phi) is 3.77. The zero-order valence-electron chi connectivity index (χ0n) is 10.5. The molecule has 0 radical (unpaired) electrons. The quantitative estimate of drug-likeness (QED) is 0.854. The molecule has 0 aliphatic rings. The van der Waals surface area contributed by atoms with Crippen LogP contribution in [0.5, 0.6) is 5.75 Å². The number of rotatable bonds is 3. The number of methoxy groups -OCH3 is 1. The molecule has 2 aromatic rings. The van der Waals surface area contributed by atoms with Crippen molar-refractivity contribution in [1.82, 2.24) is 0 Å². The van der Waals surface area contributed by atoms with Crippen molar-refractivity contribution in [2.75, 3.05) is 12.1 Å². The Balaban J connectivity index is 2.20. The summed E-state index contributed by atoms with van der Waals surface area (Å²) in [6, 6.07) is 12.3. The van der Waals surface area contributed by atoms with E-state index in [1.165, 1.54) is 29.3 Å². The smallest absolute Gasteiger partial charge is 0.303 e. The van der Waals surface area contributed by atoms with Gasteiger partial charge in [-0.2, -0.15) is 5.01 Å². The standard InChI is InChI=1S/C14H13FN2O2/c1-19-13-8-6-12(7-9-13)17(16)14(18)10-2-4-11(15)5-3-10/h2-9H,16H2,1H3/p+1. The summed E-state index contributed by atoms with van der Waals surface area (Å²) >= 11 is 0. The Morgan fingerprint density at radius 2 is 1.68 bits per heavy atom. The van der Waals surface area contributed by atoms with E-state index in [2.05, 4.69) is 5.84 Å². The largest absolute Gasteiger partial charge is 0.497 e. The SMILES string of the molecule is COc1ccc(N([NH3+])C(=O)c2ccc(F)cc2)cc1. The molecule has 0 heterocycles. The van der Waals surface area contributed by atoms with Crippen molar-refractivity contribution >= 4 is 11.6 Å². The van der Waals surface area contributed by atoms with E-state index in [-0.39, 0.29) is 11.7 Å². The first-order valence-corrected chi connectivity index (χ1v) is 5.66. The number of carbonyl (C=O) groups excluding carboxylic acids is 1. The van der Waals surface area contributed by atoms with Gasteiger partial charge in [0.25, 0.3) is 0 Å². The van der Waals surface area contributed by atoms with Crippen molar-refractivity contribution in [2.45, 2.75) is 0 Å². The lowest BCUT2D eigenvalue weighted by molar-refractivity contribution is -0.369. The number of ether oxygens (including phenoxy) is 1. The van der Waals surface area contributed by atoms with E-state index in [0.29, 0.717) is 17.0 Å². The lowest BCUT2D eigenvalue weighted by atomic mass is 10.2. The number of amides is 1. The van der Waals surface area contributed by atoms with E-state index >= 15 is 0 Å². The number of benzene rings is 2. The lowest BCUT2D eigenvalue weighted by Crippen LogP contribution is -2.70. The molecule has 2 aromatic carbocycles. The number of anilines is 1. The van der Waals surface area contributed by atoms with Gasteiger partial charge in [-0.1, -0.05) is 0 Å². The van der Waals surface area contributed by atoms with Crippen LogP contribution in [0.1, 0.15) is 10.4 Å². The summed E-state index contributed by atoms with van der Waals surface area (Å²) in [6.07, 6.45) is 0. The highest BCUT2D eigenvalue weighted by Gasteiger charge is 2.17. The molecule has 0 aliphatic heterocycles. The van der Waals surface area contributed by atoms with Gasteiger partial charge in [0.2, 0.25) is 0 Å². The fraction of sp³-hybridized carbons (Fsp3) is 0.0714. The van der Waals surface area contributed by atoms with Gasteiger partial charge in [-0.3, -0.25) is 4.79 Å². The molecule has 0 bridgehead atoms. The second-order valence-corrected chi connectivity index (χ2v) is 3.94. The molecule has 4 nitrogen and oxygen atoms in total. The zero-order valence-corrected chi connectivity index (χ0v) is 10.5. The van der Waals surface area contributed by atoms with Crippen LogP contribution in [0.4, 0.5) is 10.1 Å². The number of carbonyl (C=O) groups is 1. The summed E-state index contributed by atoms with van der Waals surface area (Å²) in [7, 11) is 1.57. The Morgan fingerprint density at radius 1 is 1.11 bits per heavy atom. The summed E-state index contributed by atoms with van der Waals surface area (Å²) in [5.41, 5.74) is 1.02. The molecule has 0 saturated heterocycles. The molecule has 19 heavy (non-hydrogen) atoms. The third-order valence-electron chi connectivity index (χ3n) is 2.72. The molecule has 5 heteroatoms. The topological polar surface area (TPSA) is 57.2 Å². The van der Waals surface area contributed by atoms with Crippen LogP contribution in [0, 0.1) is 5.82 Å². The van der Waals surface area contributed by atoms with Gasteiger partial charge in [-0.25, -0.2) is 10.2 Å². The summed E-state index contributed by atoms with van der Waals surface area (Å²) in [6.45, 7) is 0. The first kappa shape index (κ1) is 13.0. The monoisotopic (exact) mass is 261 g/mol. The predicted molar refractivity (Wildman–Crippen MR) is 69.1 cm³/mol. The van der Waals surface area contributed by atoms with Crippen molar-refractivity contribution in [1.29, 1.82) is 0 Å². The third-order valence-corrected chi connectivity index (χ3v) is 2.72. The van der Waals surface area contributed by atoms with Crippen molar-refractivity contribution < 1.29 is 19.8 Å². The fourth-order valence-corrected chi connectivity index (χ4v) is 1.63. The fourth-order valence-electron chi connectivity index (χ4n) is 1.63. The maximum absolute atomic E-state index is 12.8. The van der Waals surface area contributed by atoms with Crippen LogP contribution in [0.25, 0.3) is 0 Å². The van der Waals surface area contributed by atoms with Crippen molar-refractivity contribution in [3.63, 3.8) is 0 Å². The number of nitrogens with zero attached hydrogens (tertiary/aromatic N) is 1. The summed E-state index contributed by atoms with van der Waals surface area (Å²) in [5.74, 6) is 3.73. The molecule has 0 unspecified atom stereocenters. The van der Waals surface area contributed by atoms with Crippen LogP contribution in [-0.2, 0) is 0 Å². The van der Waals surface area contributed by atoms with E-state index in [0.717, 1.165) is 0 Å². The Labute approximate surface area is 110 Å². The second kappa shape index (κ2) is 5.49. The van der Waals surface area contributed by atoms with Gasteiger partial charge in [0, 0.05) is 5.56 Å². The normalized spacial score (nSPS) is 10.1. The summed E-state index contributed by atoms with van der Waals surface area (Å²) in [5, 5.41) is 1.26. The van der Waals surface area contributed by atoms with E-state index in [1.54, 1.807) is 31.4 Å². The van der Waals surface area contributed by atoms with Gasteiger partial charge in [0.05, 0.1) is 12.8 Å². The van der Waals surface area contributed by atoms with Crippen molar-refractivity contribution in [2.24, 2.45) is 0 Å². The number of quaternary nitrogens is 1. The molecule has 0 atom stereocenters. The minimum atomic E-state index is -0.378. The van der Waals surface area contributed by atoms with Crippen LogP contribution in [-0.4, -0.2) is 13.0 Å². The van der Waals surface area contributed by atoms with E-state index in [9.17, 15) is 9.18 Å². The maximum atomic E-state index is 12.8. The molecule has 3 N–H and O–H groups in total. The number of hydrogen-bond donors (Lipinski definition) is 1. The lowest BCUT2D eigenvalue weighted by Gasteiger charge is -2.13. The van der Waals surface area contributed by atoms with E-state index in [4.69, 9.17) is 4.74 Å². The van der Waals surface area contributed by atoms with Crippen LogP contribution in [0.3, 0.4) is 0 Å². The average molecular weight is 261 g/mol. The Hall–Kier alpha value is -2.40. The number of hydrogen-bond acceptors (Lipinski definition) is 2. The third kappa shape index (κ3) is 2.89. The average Bonchev–Trinajstić information content (AvgIpc) is 2.46. The van der Waals surface area contributed by atoms with Crippen LogP contribution in [0.15, 0.2) is 48.5 Å². The summed E-state index contributed by atoms with van der Waals surface area (Å²) in [4.78, 5) is 12.1. The highest BCUT2D eigenvalue weighted by Crippen LogP contribution is 2.18.